The number of hydrogen-bond donors (Lipinski definition) is 2. The lowest BCUT2D eigenvalue weighted by molar-refractivity contribution is -0.00991. The zero-order valence-electron chi connectivity index (χ0n) is 6.96. The monoisotopic (exact) mass is 208 g/mol. The van der Waals surface area contributed by atoms with Crippen LogP contribution in [-0.2, 0) is 14.9 Å². The molecule has 0 radical (unpaired) electrons. The number of aliphatic hydroxyl groups excluding tert-OH is 1. The van der Waals surface area contributed by atoms with Crippen LogP contribution >= 0.6 is 0 Å². The van der Waals surface area contributed by atoms with Gasteiger partial charge in [-0.2, -0.15) is 8.42 Å². The fourth-order valence-electron chi connectivity index (χ4n) is 1.18. The Morgan fingerprint density at radius 3 is 2.77 bits per heavy atom. The summed E-state index contributed by atoms with van der Waals surface area (Å²) in [5.74, 6) is -0.423. The molecular weight excluding hydrogens is 196 g/mol. The van der Waals surface area contributed by atoms with Crippen LogP contribution in [0.4, 0.5) is 0 Å². The molecule has 2 atom stereocenters. The summed E-state index contributed by atoms with van der Waals surface area (Å²) in [7, 11) is -4.00. The summed E-state index contributed by atoms with van der Waals surface area (Å²) in [5, 5.41) is 8.72. The summed E-state index contributed by atoms with van der Waals surface area (Å²) in [6.07, 6.45) is 2.83. The summed E-state index contributed by atoms with van der Waals surface area (Å²) in [6.45, 7) is -0.182. The molecule has 0 bridgehead atoms. The normalized spacial score (nSPS) is 29.1. The van der Waals surface area contributed by atoms with Crippen LogP contribution in [0, 0.1) is 0 Å². The molecule has 1 aliphatic heterocycles. The molecule has 0 saturated heterocycles. The molecule has 0 saturated carbocycles. The van der Waals surface area contributed by atoms with Gasteiger partial charge in [-0.25, -0.2) is 0 Å². The van der Waals surface area contributed by atoms with Crippen molar-refractivity contribution < 1.29 is 22.8 Å². The van der Waals surface area contributed by atoms with E-state index in [0.29, 0.717) is 6.42 Å². The van der Waals surface area contributed by atoms with Gasteiger partial charge in [0.15, 0.2) is 0 Å². The average Bonchev–Trinajstić information content (AvgIpc) is 2.01. The van der Waals surface area contributed by atoms with Gasteiger partial charge in [-0.15, -0.1) is 0 Å². The molecule has 0 spiro atoms. The lowest BCUT2D eigenvalue weighted by Gasteiger charge is -2.23. The number of rotatable bonds is 3. The van der Waals surface area contributed by atoms with Crippen molar-refractivity contribution in [3.05, 3.63) is 12.2 Å². The summed E-state index contributed by atoms with van der Waals surface area (Å²) in [5.41, 5.74) is 0. The van der Waals surface area contributed by atoms with Crippen LogP contribution in [0.2, 0.25) is 0 Å². The van der Waals surface area contributed by atoms with E-state index in [-0.39, 0.29) is 6.61 Å². The Labute approximate surface area is 76.8 Å². The van der Waals surface area contributed by atoms with E-state index in [1.54, 1.807) is 12.2 Å². The first-order chi connectivity index (χ1) is 6.01. The highest BCUT2D eigenvalue weighted by Crippen LogP contribution is 2.13. The minimum absolute atomic E-state index is 0.182. The Bertz CT molecular complexity index is 281. The Morgan fingerprint density at radius 1 is 1.54 bits per heavy atom. The Balaban J connectivity index is 2.51. The fraction of sp³-hybridized carbons (Fsp3) is 0.714. The second-order valence-corrected chi connectivity index (χ2v) is 4.39. The van der Waals surface area contributed by atoms with Crippen LogP contribution in [0.1, 0.15) is 6.42 Å². The highest BCUT2D eigenvalue weighted by Gasteiger charge is 2.22. The average molecular weight is 208 g/mol. The van der Waals surface area contributed by atoms with Crippen LogP contribution in [0.25, 0.3) is 0 Å². The van der Waals surface area contributed by atoms with Crippen LogP contribution in [-0.4, -0.2) is 42.6 Å². The molecular formula is C7H12O5S. The van der Waals surface area contributed by atoms with Crippen LogP contribution < -0.4 is 0 Å². The van der Waals surface area contributed by atoms with Crippen molar-refractivity contribution in [1.82, 2.24) is 0 Å². The molecule has 1 aliphatic rings. The van der Waals surface area contributed by atoms with Gasteiger partial charge in [-0.05, 0) is 6.42 Å². The Hall–Kier alpha value is -0.430. The fourth-order valence-corrected chi connectivity index (χ4v) is 1.86. The van der Waals surface area contributed by atoms with Crippen molar-refractivity contribution in [2.75, 3.05) is 12.4 Å². The minimum atomic E-state index is -4.00. The zero-order valence-corrected chi connectivity index (χ0v) is 7.77. The van der Waals surface area contributed by atoms with Crippen molar-refractivity contribution in [3.63, 3.8) is 0 Å². The van der Waals surface area contributed by atoms with E-state index in [2.05, 4.69) is 0 Å². The van der Waals surface area contributed by atoms with Crippen LogP contribution in [0.5, 0.6) is 0 Å². The lowest BCUT2D eigenvalue weighted by Crippen LogP contribution is -2.31. The van der Waals surface area contributed by atoms with Gasteiger partial charge in [0, 0.05) is 0 Å². The molecule has 0 aromatic heterocycles. The van der Waals surface area contributed by atoms with Gasteiger partial charge in [0.1, 0.15) is 5.75 Å². The summed E-state index contributed by atoms with van der Waals surface area (Å²) >= 11 is 0. The van der Waals surface area contributed by atoms with Gasteiger partial charge < -0.3 is 9.84 Å². The molecule has 1 rings (SSSR count). The number of hydrogen-bond acceptors (Lipinski definition) is 4. The largest absolute Gasteiger partial charge is 0.393 e. The van der Waals surface area contributed by atoms with Gasteiger partial charge in [0.25, 0.3) is 10.1 Å². The SMILES string of the molecule is O=S(=O)(O)CC1CC=CC(CO)O1. The topological polar surface area (TPSA) is 83.8 Å². The molecule has 2 N–H and O–H groups in total. The maximum Gasteiger partial charge on any atom is 0.267 e. The summed E-state index contributed by atoms with van der Waals surface area (Å²) < 4.78 is 34.6. The second-order valence-electron chi connectivity index (χ2n) is 2.89. The third kappa shape index (κ3) is 3.86. The maximum absolute atomic E-state index is 10.5. The van der Waals surface area contributed by atoms with E-state index in [1.807, 2.05) is 0 Å². The van der Waals surface area contributed by atoms with Crippen molar-refractivity contribution >= 4 is 10.1 Å². The number of ether oxygens (including phenoxy) is 1. The van der Waals surface area contributed by atoms with Crippen molar-refractivity contribution in [1.29, 1.82) is 0 Å². The van der Waals surface area contributed by atoms with Crippen molar-refractivity contribution in [2.45, 2.75) is 18.6 Å². The molecule has 0 aromatic rings. The highest BCUT2D eigenvalue weighted by molar-refractivity contribution is 7.85. The first-order valence-electron chi connectivity index (χ1n) is 3.89. The van der Waals surface area contributed by atoms with E-state index >= 15 is 0 Å². The molecule has 0 fully saturated rings. The smallest absolute Gasteiger partial charge is 0.267 e. The van der Waals surface area contributed by atoms with Crippen molar-refractivity contribution in [3.8, 4) is 0 Å². The van der Waals surface area contributed by atoms with Crippen molar-refractivity contribution in [2.24, 2.45) is 0 Å². The first kappa shape index (κ1) is 10.6. The van der Waals surface area contributed by atoms with E-state index < -0.39 is 28.1 Å². The predicted molar refractivity (Wildman–Crippen MR) is 45.9 cm³/mol. The Kier molecular flexibility index (Phi) is 3.43. The molecule has 0 amide bonds. The van der Waals surface area contributed by atoms with E-state index in [0.717, 1.165) is 0 Å². The first-order valence-corrected chi connectivity index (χ1v) is 5.50. The standard InChI is InChI=1S/C7H12O5S/c8-4-6-2-1-3-7(12-6)5-13(9,10)11/h1-2,6-8H,3-5H2,(H,9,10,11). The predicted octanol–water partition coefficient (Wildman–Crippen LogP) is -0.420. The number of aliphatic hydroxyl groups is 1. The quantitative estimate of drug-likeness (QED) is 0.486. The molecule has 6 heteroatoms. The van der Waals surface area contributed by atoms with E-state index in [9.17, 15) is 8.42 Å². The molecule has 0 aromatic carbocycles. The van der Waals surface area contributed by atoms with Crippen LogP contribution in [0.3, 0.4) is 0 Å². The van der Waals surface area contributed by atoms with E-state index in [4.69, 9.17) is 14.4 Å². The summed E-state index contributed by atoms with van der Waals surface area (Å²) in [6, 6.07) is 0. The third-order valence-electron chi connectivity index (χ3n) is 1.69. The molecule has 0 aliphatic carbocycles. The van der Waals surface area contributed by atoms with Gasteiger partial charge in [-0.1, -0.05) is 12.2 Å². The highest BCUT2D eigenvalue weighted by atomic mass is 32.2. The zero-order chi connectivity index (χ0) is 9.90. The van der Waals surface area contributed by atoms with E-state index in [1.165, 1.54) is 0 Å². The van der Waals surface area contributed by atoms with Gasteiger partial charge in [0.05, 0.1) is 18.8 Å². The van der Waals surface area contributed by atoms with Gasteiger partial charge >= 0.3 is 0 Å². The third-order valence-corrected chi connectivity index (χ3v) is 2.49. The van der Waals surface area contributed by atoms with Gasteiger partial charge in [0.2, 0.25) is 0 Å². The maximum atomic E-state index is 10.5. The Morgan fingerprint density at radius 2 is 2.23 bits per heavy atom. The van der Waals surface area contributed by atoms with Gasteiger partial charge in [-0.3, -0.25) is 4.55 Å². The molecule has 76 valence electrons. The lowest BCUT2D eigenvalue weighted by atomic mass is 10.2. The van der Waals surface area contributed by atoms with Crippen LogP contribution in [0.15, 0.2) is 12.2 Å². The second kappa shape index (κ2) is 4.19. The summed E-state index contributed by atoms with van der Waals surface area (Å²) in [4.78, 5) is 0. The minimum Gasteiger partial charge on any atom is -0.393 e. The molecule has 1 heterocycles. The molecule has 5 nitrogen and oxygen atoms in total. The molecule has 13 heavy (non-hydrogen) atoms. The molecule has 2 unspecified atom stereocenters.